The van der Waals surface area contributed by atoms with Gasteiger partial charge in [0.15, 0.2) is 11.9 Å². The number of carboxylic acids is 1. The summed E-state index contributed by atoms with van der Waals surface area (Å²) in [5, 5.41) is 47.5. The summed E-state index contributed by atoms with van der Waals surface area (Å²) in [6.07, 6.45) is -3.34. The molecule has 7 nitrogen and oxygen atoms in total. The van der Waals surface area contributed by atoms with Crippen molar-refractivity contribution in [2.45, 2.75) is 69.2 Å². The van der Waals surface area contributed by atoms with Gasteiger partial charge < -0.3 is 30.3 Å². The first kappa shape index (κ1) is 16.3. The molecule has 0 aromatic heterocycles. The lowest BCUT2D eigenvalue weighted by Gasteiger charge is -2.26. The minimum Gasteiger partial charge on any atom is -0.479 e. The molecule has 1 rings (SSSR count). The molecule has 0 aliphatic carbocycles. The Balaban J connectivity index is 2.63. The molecule has 1 aliphatic heterocycles. The fourth-order valence-corrected chi connectivity index (χ4v) is 2.23. The second-order valence-corrected chi connectivity index (χ2v) is 4.96. The highest BCUT2D eigenvalue weighted by Crippen LogP contribution is 2.34. The van der Waals surface area contributed by atoms with Crippen molar-refractivity contribution in [1.82, 2.24) is 0 Å². The molecule has 0 amide bonds. The number of carboxylic acid groups (broad SMARTS) is 1. The molecule has 0 unspecified atom stereocenters. The second-order valence-electron chi connectivity index (χ2n) is 4.96. The van der Waals surface area contributed by atoms with Crippen LogP contribution in [0, 0.1) is 0 Å². The number of ether oxygens (including phenoxy) is 1. The summed E-state index contributed by atoms with van der Waals surface area (Å²) >= 11 is 0. The Morgan fingerprint density at radius 2 is 1.95 bits per heavy atom. The van der Waals surface area contributed by atoms with E-state index in [1.165, 1.54) is 0 Å². The molecule has 0 aromatic rings. The SMILES string of the molecule is CCCCCC[C@]1(O)O[C@@H]([C@H](O)C(=O)O)[C@H](O)[C@H]1O. The Kier molecular flexibility index (Phi) is 5.69. The standard InChI is InChI=1S/C12H22O7/c1-2-3-4-5-6-12(18)10(15)7(13)9(19-12)8(14)11(16)17/h7-10,13-15,18H,2-6H2,1H3,(H,16,17)/t7-,8-,9+,10+,12-/m0/s1. The number of hydrogen-bond donors (Lipinski definition) is 5. The van der Waals surface area contributed by atoms with E-state index in [9.17, 15) is 25.2 Å². The van der Waals surface area contributed by atoms with Crippen LogP contribution in [0.4, 0.5) is 0 Å². The smallest absolute Gasteiger partial charge is 0.335 e. The number of aliphatic hydroxyl groups excluding tert-OH is 3. The fourth-order valence-electron chi connectivity index (χ4n) is 2.23. The monoisotopic (exact) mass is 278 g/mol. The second kappa shape index (κ2) is 6.62. The summed E-state index contributed by atoms with van der Waals surface area (Å²) in [4.78, 5) is 10.6. The molecular formula is C12H22O7. The minimum atomic E-state index is -2.01. The van der Waals surface area contributed by atoms with Crippen LogP contribution in [-0.4, -0.2) is 61.7 Å². The molecule has 0 aromatic carbocycles. The van der Waals surface area contributed by atoms with Crippen molar-refractivity contribution in [3.05, 3.63) is 0 Å². The summed E-state index contributed by atoms with van der Waals surface area (Å²) < 4.78 is 5.00. The number of carbonyl (C=O) groups is 1. The van der Waals surface area contributed by atoms with Gasteiger partial charge in [-0.2, -0.15) is 0 Å². The normalized spacial score (nSPS) is 36.4. The lowest BCUT2D eigenvalue weighted by atomic mass is 9.98. The fraction of sp³-hybridized carbons (Fsp3) is 0.917. The molecule has 0 bridgehead atoms. The molecule has 0 saturated carbocycles. The first-order valence-electron chi connectivity index (χ1n) is 6.50. The Morgan fingerprint density at radius 3 is 2.47 bits per heavy atom. The molecule has 7 heteroatoms. The number of rotatable bonds is 7. The Bertz CT molecular complexity index is 308. The van der Waals surface area contributed by atoms with Crippen LogP contribution in [0.3, 0.4) is 0 Å². The van der Waals surface area contributed by atoms with Crippen LogP contribution in [0.15, 0.2) is 0 Å². The van der Waals surface area contributed by atoms with Crippen LogP contribution in [-0.2, 0) is 9.53 Å². The van der Waals surface area contributed by atoms with E-state index in [1.54, 1.807) is 0 Å². The zero-order chi connectivity index (χ0) is 14.6. The van der Waals surface area contributed by atoms with Crippen molar-refractivity contribution in [3.63, 3.8) is 0 Å². The number of hydrogen-bond acceptors (Lipinski definition) is 6. The molecule has 0 spiro atoms. The molecule has 0 radical (unpaired) electrons. The molecule has 112 valence electrons. The quantitative estimate of drug-likeness (QED) is 0.386. The van der Waals surface area contributed by atoms with Gasteiger partial charge in [-0.3, -0.25) is 0 Å². The van der Waals surface area contributed by atoms with E-state index < -0.39 is 36.2 Å². The largest absolute Gasteiger partial charge is 0.479 e. The van der Waals surface area contributed by atoms with E-state index in [0.717, 1.165) is 19.3 Å². The van der Waals surface area contributed by atoms with Crippen molar-refractivity contribution in [3.8, 4) is 0 Å². The van der Waals surface area contributed by atoms with Gasteiger partial charge in [0.1, 0.15) is 18.3 Å². The average molecular weight is 278 g/mol. The zero-order valence-electron chi connectivity index (χ0n) is 10.9. The first-order valence-corrected chi connectivity index (χ1v) is 6.50. The van der Waals surface area contributed by atoms with Crippen LogP contribution < -0.4 is 0 Å². The maximum absolute atomic E-state index is 10.6. The van der Waals surface area contributed by atoms with Crippen LogP contribution >= 0.6 is 0 Å². The number of aliphatic carboxylic acids is 1. The van der Waals surface area contributed by atoms with Crippen molar-refractivity contribution in [2.75, 3.05) is 0 Å². The van der Waals surface area contributed by atoms with Crippen LogP contribution in [0.5, 0.6) is 0 Å². The molecule has 1 heterocycles. The van der Waals surface area contributed by atoms with Gasteiger partial charge in [-0.05, 0) is 6.42 Å². The summed E-state index contributed by atoms with van der Waals surface area (Å²) in [5.74, 6) is -3.58. The van der Waals surface area contributed by atoms with E-state index in [1.807, 2.05) is 6.92 Å². The highest BCUT2D eigenvalue weighted by atomic mass is 16.7. The van der Waals surface area contributed by atoms with E-state index in [4.69, 9.17) is 9.84 Å². The maximum atomic E-state index is 10.6. The zero-order valence-corrected chi connectivity index (χ0v) is 10.9. The molecule has 1 aliphatic rings. The third-order valence-corrected chi connectivity index (χ3v) is 3.42. The molecule has 1 saturated heterocycles. The summed E-state index contributed by atoms with van der Waals surface area (Å²) in [7, 11) is 0. The van der Waals surface area contributed by atoms with E-state index >= 15 is 0 Å². The molecule has 1 fully saturated rings. The maximum Gasteiger partial charge on any atom is 0.335 e. The van der Waals surface area contributed by atoms with Gasteiger partial charge in [-0.15, -0.1) is 0 Å². The van der Waals surface area contributed by atoms with Crippen molar-refractivity contribution < 1.29 is 35.1 Å². The first-order chi connectivity index (χ1) is 8.83. The third-order valence-electron chi connectivity index (χ3n) is 3.42. The predicted molar refractivity (Wildman–Crippen MR) is 64.2 cm³/mol. The van der Waals surface area contributed by atoms with Gasteiger partial charge in [-0.25, -0.2) is 4.79 Å². The molecule has 5 N–H and O–H groups in total. The van der Waals surface area contributed by atoms with Gasteiger partial charge in [0, 0.05) is 6.42 Å². The van der Waals surface area contributed by atoms with Crippen molar-refractivity contribution in [1.29, 1.82) is 0 Å². The lowest BCUT2D eigenvalue weighted by molar-refractivity contribution is -0.241. The highest BCUT2D eigenvalue weighted by Gasteiger charge is 2.56. The van der Waals surface area contributed by atoms with Gasteiger partial charge in [0.05, 0.1) is 0 Å². The van der Waals surface area contributed by atoms with E-state index in [-0.39, 0.29) is 6.42 Å². The summed E-state index contributed by atoms with van der Waals surface area (Å²) in [6.45, 7) is 2.03. The Hall–Kier alpha value is -0.730. The highest BCUT2D eigenvalue weighted by molar-refractivity contribution is 5.73. The third kappa shape index (κ3) is 3.64. The van der Waals surface area contributed by atoms with Crippen LogP contribution in [0.1, 0.15) is 39.0 Å². The minimum absolute atomic E-state index is 0.0774. The van der Waals surface area contributed by atoms with Gasteiger partial charge >= 0.3 is 5.97 Å². The lowest BCUT2D eigenvalue weighted by Crippen LogP contribution is -2.44. The summed E-state index contributed by atoms with van der Waals surface area (Å²) in [6, 6.07) is 0. The molecule has 19 heavy (non-hydrogen) atoms. The van der Waals surface area contributed by atoms with Gasteiger partial charge in [0.25, 0.3) is 0 Å². The Labute approximate surface area is 111 Å². The number of unbranched alkanes of at least 4 members (excludes halogenated alkanes) is 3. The molecule has 5 atom stereocenters. The Morgan fingerprint density at radius 1 is 1.32 bits per heavy atom. The van der Waals surface area contributed by atoms with Crippen LogP contribution in [0.25, 0.3) is 0 Å². The number of aliphatic hydroxyl groups is 4. The van der Waals surface area contributed by atoms with Gasteiger partial charge in [-0.1, -0.05) is 26.2 Å². The average Bonchev–Trinajstić information content (AvgIpc) is 2.59. The molecular weight excluding hydrogens is 256 g/mol. The van der Waals surface area contributed by atoms with Crippen LogP contribution in [0.2, 0.25) is 0 Å². The van der Waals surface area contributed by atoms with E-state index in [2.05, 4.69) is 0 Å². The van der Waals surface area contributed by atoms with E-state index in [0.29, 0.717) is 6.42 Å². The summed E-state index contributed by atoms with van der Waals surface area (Å²) in [5.41, 5.74) is 0. The predicted octanol–water partition coefficient (Wildman–Crippen LogP) is -0.789. The van der Waals surface area contributed by atoms with Crippen molar-refractivity contribution in [2.24, 2.45) is 0 Å². The van der Waals surface area contributed by atoms with Crippen molar-refractivity contribution >= 4 is 5.97 Å². The topological polar surface area (TPSA) is 127 Å². The van der Waals surface area contributed by atoms with Gasteiger partial charge in [0.2, 0.25) is 0 Å².